The summed E-state index contributed by atoms with van der Waals surface area (Å²) in [5.74, 6) is 1.34. The van der Waals surface area contributed by atoms with Crippen molar-refractivity contribution >= 4 is 17.1 Å². The fraction of sp³-hybridized carbons (Fsp3) is 0.455. The van der Waals surface area contributed by atoms with E-state index >= 15 is 0 Å². The standard InChI is InChI=1S/C22H27N5O3/c1-4-16(30-18-10-6-5-9-17(18)29-3)22(28)27-13-7-8-15(14-27)19-20-21(26(2)25-19)24-12-11-23-20/h5-6,9-12,15-16H,4,7-8,13-14H2,1-3H3/t15-,16+/m1/s1. The smallest absolute Gasteiger partial charge is 0.263 e. The number of amides is 1. The van der Waals surface area contributed by atoms with Crippen molar-refractivity contribution in [3.8, 4) is 11.5 Å². The van der Waals surface area contributed by atoms with Crippen molar-refractivity contribution in [3.63, 3.8) is 0 Å². The number of hydrogen-bond donors (Lipinski definition) is 0. The predicted molar refractivity (Wildman–Crippen MR) is 113 cm³/mol. The van der Waals surface area contributed by atoms with Crippen LogP contribution in [-0.2, 0) is 11.8 Å². The van der Waals surface area contributed by atoms with Crippen molar-refractivity contribution in [1.29, 1.82) is 0 Å². The third-order valence-corrected chi connectivity index (χ3v) is 5.59. The lowest BCUT2D eigenvalue weighted by molar-refractivity contribution is -0.140. The van der Waals surface area contributed by atoms with Crippen LogP contribution in [0, 0.1) is 0 Å². The second kappa shape index (κ2) is 8.69. The molecule has 1 amide bonds. The Kier molecular flexibility index (Phi) is 5.83. The summed E-state index contributed by atoms with van der Waals surface area (Å²) in [4.78, 5) is 24.0. The molecule has 0 saturated carbocycles. The molecular formula is C22H27N5O3. The number of para-hydroxylation sites is 2. The summed E-state index contributed by atoms with van der Waals surface area (Å²) >= 11 is 0. The van der Waals surface area contributed by atoms with Crippen molar-refractivity contribution < 1.29 is 14.3 Å². The van der Waals surface area contributed by atoms with E-state index < -0.39 is 6.10 Å². The van der Waals surface area contributed by atoms with Crippen molar-refractivity contribution in [2.24, 2.45) is 7.05 Å². The molecule has 8 heteroatoms. The van der Waals surface area contributed by atoms with E-state index in [1.54, 1.807) is 24.2 Å². The Morgan fingerprint density at radius 2 is 2.00 bits per heavy atom. The Bertz CT molecular complexity index is 1030. The molecule has 30 heavy (non-hydrogen) atoms. The van der Waals surface area contributed by atoms with E-state index in [-0.39, 0.29) is 11.8 Å². The molecule has 4 rings (SSSR count). The lowest BCUT2D eigenvalue weighted by Crippen LogP contribution is -2.46. The number of likely N-dealkylation sites (tertiary alicyclic amines) is 1. The Morgan fingerprint density at radius 1 is 1.23 bits per heavy atom. The maximum absolute atomic E-state index is 13.3. The van der Waals surface area contributed by atoms with Gasteiger partial charge in [-0.05, 0) is 31.4 Å². The highest BCUT2D eigenvalue weighted by atomic mass is 16.5. The summed E-state index contributed by atoms with van der Waals surface area (Å²) in [7, 11) is 3.47. The molecule has 0 spiro atoms. The molecule has 1 fully saturated rings. The first-order valence-electron chi connectivity index (χ1n) is 10.3. The van der Waals surface area contributed by atoms with Gasteiger partial charge >= 0.3 is 0 Å². The van der Waals surface area contributed by atoms with Crippen LogP contribution in [0.15, 0.2) is 36.7 Å². The number of rotatable bonds is 6. The van der Waals surface area contributed by atoms with Gasteiger partial charge in [0.1, 0.15) is 5.52 Å². The third-order valence-electron chi connectivity index (χ3n) is 5.59. The number of carbonyl (C=O) groups excluding carboxylic acids is 1. The van der Waals surface area contributed by atoms with Gasteiger partial charge < -0.3 is 14.4 Å². The number of ether oxygens (including phenoxy) is 2. The second-order valence-corrected chi connectivity index (χ2v) is 7.53. The SMILES string of the molecule is CC[C@H](Oc1ccccc1OC)C(=O)N1CCC[C@@H](c2nn(C)c3nccnc23)C1. The van der Waals surface area contributed by atoms with E-state index in [1.807, 2.05) is 43.1 Å². The van der Waals surface area contributed by atoms with Crippen LogP contribution in [-0.4, -0.2) is 56.9 Å². The van der Waals surface area contributed by atoms with E-state index in [2.05, 4.69) is 15.1 Å². The zero-order valence-corrected chi connectivity index (χ0v) is 17.6. The van der Waals surface area contributed by atoms with E-state index in [9.17, 15) is 4.79 Å². The van der Waals surface area contributed by atoms with Gasteiger partial charge in [-0.15, -0.1) is 0 Å². The molecule has 1 aliphatic heterocycles. The van der Waals surface area contributed by atoms with Crippen LogP contribution in [0.2, 0.25) is 0 Å². The van der Waals surface area contributed by atoms with Crippen molar-refractivity contribution in [1.82, 2.24) is 24.6 Å². The van der Waals surface area contributed by atoms with Gasteiger partial charge in [0.25, 0.3) is 5.91 Å². The molecule has 3 heterocycles. The lowest BCUT2D eigenvalue weighted by atomic mass is 9.94. The molecule has 1 aromatic carbocycles. The molecule has 8 nitrogen and oxygen atoms in total. The van der Waals surface area contributed by atoms with Crippen LogP contribution in [0.4, 0.5) is 0 Å². The Morgan fingerprint density at radius 3 is 2.77 bits per heavy atom. The van der Waals surface area contributed by atoms with E-state index in [1.165, 1.54) is 0 Å². The molecule has 3 aromatic rings. The fourth-order valence-corrected chi connectivity index (χ4v) is 4.06. The van der Waals surface area contributed by atoms with E-state index in [0.717, 1.165) is 36.2 Å². The summed E-state index contributed by atoms with van der Waals surface area (Å²) in [6, 6.07) is 7.41. The van der Waals surface area contributed by atoms with Crippen LogP contribution in [0.5, 0.6) is 11.5 Å². The number of nitrogens with zero attached hydrogens (tertiary/aromatic N) is 5. The first kappa shape index (κ1) is 20.1. The summed E-state index contributed by atoms with van der Waals surface area (Å²) in [6.45, 7) is 3.28. The maximum Gasteiger partial charge on any atom is 0.263 e. The molecule has 1 saturated heterocycles. The molecule has 1 aliphatic rings. The quantitative estimate of drug-likeness (QED) is 0.623. The molecule has 2 aromatic heterocycles. The summed E-state index contributed by atoms with van der Waals surface area (Å²) in [6.07, 6.45) is 5.27. The summed E-state index contributed by atoms with van der Waals surface area (Å²) in [5, 5.41) is 4.67. The number of carbonyl (C=O) groups is 1. The summed E-state index contributed by atoms with van der Waals surface area (Å²) < 4.78 is 13.2. The normalized spacial score (nSPS) is 17.7. The number of aryl methyl sites for hydroxylation is 1. The molecule has 0 aliphatic carbocycles. The molecule has 2 atom stereocenters. The molecule has 0 radical (unpaired) electrons. The van der Waals surface area contributed by atoms with Gasteiger partial charge in [0.2, 0.25) is 0 Å². The number of aromatic nitrogens is 4. The van der Waals surface area contributed by atoms with Crippen LogP contribution < -0.4 is 9.47 Å². The number of methoxy groups -OCH3 is 1. The van der Waals surface area contributed by atoms with Gasteiger partial charge in [-0.2, -0.15) is 5.10 Å². The second-order valence-electron chi connectivity index (χ2n) is 7.53. The first-order chi connectivity index (χ1) is 14.6. The Balaban J connectivity index is 1.52. The molecule has 158 valence electrons. The van der Waals surface area contributed by atoms with Crippen LogP contribution in [0.1, 0.15) is 37.8 Å². The zero-order valence-electron chi connectivity index (χ0n) is 17.6. The largest absolute Gasteiger partial charge is 0.493 e. The molecular weight excluding hydrogens is 382 g/mol. The topological polar surface area (TPSA) is 82.4 Å². The first-order valence-corrected chi connectivity index (χ1v) is 10.3. The van der Waals surface area contributed by atoms with E-state index in [4.69, 9.17) is 9.47 Å². The fourth-order valence-electron chi connectivity index (χ4n) is 4.06. The highest BCUT2D eigenvalue weighted by molar-refractivity contribution is 5.82. The average molecular weight is 409 g/mol. The van der Waals surface area contributed by atoms with Crippen LogP contribution in [0.3, 0.4) is 0 Å². The van der Waals surface area contributed by atoms with Gasteiger partial charge in [-0.25, -0.2) is 14.6 Å². The molecule has 0 bridgehead atoms. The Hall–Kier alpha value is -3.16. The van der Waals surface area contributed by atoms with Crippen molar-refractivity contribution in [3.05, 3.63) is 42.4 Å². The van der Waals surface area contributed by atoms with Crippen molar-refractivity contribution in [2.75, 3.05) is 20.2 Å². The molecule has 0 unspecified atom stereocenters. The third kappa shape index (κ3) is 3.81. The highest BCUT2D eigenvalue weighted by Crippen LogP contribution is 2.31. The Labute approximate surface area is 175 Å². The van der Waals surface area contributed by atoms with Crippen LogP contribution >= 0.6 is 0 Å². The number of hydrogen-bond acceptors (Lipinski definition) is 6. The number of benzene rings is 1. The number of fused-ring (bicyclic) bond motifs is 1. The highest BCUT2D eigenvalue weighted by Gasteiger charge is 2.32. The summed E-state index contributed by atoms with van der Waals surface area (Å²) in [5.41, 5.74) is 2.50. The van der Waals surface area contributed by atoms with E-state index in [0.29, 0.717) is 24.5 Å². The van der Waals surface area contributed by atoms with Crippen LogP contribution in [0.25, 0.3) is 11.2 Å². The lowest BCUT2D eigenvalue weighted by Gasteiger charge is -2.34. The monoisotopic (exact) mass is 409 g/mol. The van der Waals surface area contributed by atoms with Gasteiger partial charge in [0.05, 0.1) is 12.8 Å². The maximum atomic E-state index is 13.3. The zero-order chi connectivity index (χ0) is 21.1. The minimum Gasteiger partial charge on any atom is -0.493 e. The minimum absolute atomic E-state index is 0.000531. The van der Waals surface area contributed by atoms with Crippen molar-refractivity contribution in [2.45, 2.75) is 38.2 Å². The number of piperidine rings is 1. The predicted octanol–water partition coefficient (Wildman–Crippen LogP) is 2.94. The average Bonchev–Trinajstić information content (AvgIpc) is 3.14. The van der Waals surface area contributed by atoms with Gasteiger partial charge in [0, 0.05) is 38.4 Å². The minimum atomic E-state index is -0.555. The van der Waals surface area contributed by atoms with Gasteiger partial charge in [-0.3, -0.25) is 4.79 Å². The molecule has 0 N–H and O–H groups in total. The van der Waals surface area contributed by atoms with Gasteiger partial charge in [0.15, 0.2) is 23.3 Å². The van der Waals surface area contributed by atoms with Gasteiger partial charge in [-0.1, -0.05) is 19.1 Å².